The first-order valence-electron chi connectivity index (χ1n) is 11.3. The van der Waals surface area contributed by atoms with Gasteiger partial charge in [0, 0.05) is 12.1 Å². The minimum atomic E-state index is -0.313. The second kappa shape index (κ2) is 9.83. The van der Waals surface area contributed by atoms with Crippen LogP contribution in [0.1, 0.15) is 41.8 Å². The number of amides is 3. The molecule has 7 nitrogen and oxygen atoms in total. The summed E-state index contributed by atoms with van der Waals surface area (Å²) < 4.78 is 0. The number of hydrogen-bond donors (Lipinski definition) is 3. The van der Waals surface area contributed by atoms with Crippen LogP contribution >= 0.6 is 0 Å². The zero-order valence-electron chi connectivity index (χ0n) is 18.9. The third kappa shape index (κ3) is 4.59. The summed E-state index contributed by atoms with van der Waals surface area (Å²) >= 11 is 0. The average Bonchev–Trinajstić information content (AvgIpc) is 3.38. The van der Waals surface area contributed by atoms with Gasteiger partial charge in [0.15, 0.2) is 0 Å². The fourth-order valence-electron chi connectivity index (χ4n) is 4.15. The van der Waals surface area contributed by atoms with Crippen molar-refractivity contribution >= 4 is 29.1 Å². The lowest BCUT2D eigenvalue weighted by Gasteiger charge is -2.17. The van der Waals surface area contributed by atoms with Crippen molar-refractivity contribution in [2.24, 2.45) is 0 Å². The zero-order valence-corrected chi connectivity index (χ0v) is 18.9. The van der Waals surface area contributed by atoms with E-state index in [0.717, 1.165) is 31.6 Å². The third-order valence-electron chi connectivity index (χ3n) is 6.01. The van der Waals surface area contributed by atoms with E-state index in [4.69, 9.17) is 0 Å². The van der Waals surface area contributed by atoms with Crippen molar-refractivity contribution < 1.29 is 14.4 Å². The Hall–Kier alpha value is -3.71. The van der Waals surface area contributed by atoms with E-state index >= 15 is 0 Å². The van der Waals surface area contributed by atoms with E-state index in [0.29, 0.717) is 40.2 Å². The van der Waals surface area contributed by atoms with Crippen LogP contribution in [0, 0.1) is 0 Å². The normalized spacial score (nSPS) is 15.1. The van der Waals surface area contributed by atoms with Crippen LogP contribution in [0.5, 0.6) is 0 Å². The highest BCUT2D eigenvalue weighted by atomic mass is 16.2. The number of rotatable bonds is 9. The Bertz CT molecular complexity index is 1130. The van der Waals surface area contributed by atoms with Gasteiger partial charge in [0.05, 0.1) is 22.5 Å². The summed E-state index contributed by atoms with van der Waals surface area (Å²) in [6.45, 7) is 7.82. The first kappa shape index (κ1) is 22.5. The molecule has 2 aromatic carbocycles. The number of hydrogen-bond acceptors (Lipinski definition) is 4. The summed E-state index contributed by atoms with van der Waals surface area (Å²) in [6, 6.07) is 16.2. The Balaban J connectivity index is 1.49. The maximum atomic E-state index is 12.7. The molecule has 2 aromatic rings. The molecule has 0 atom stereocenters. The van der Waals surface area contributed by atoms with Crippen molar-refractivity contribution in [2.75, 3.05) is 26.2 Å². The van der Waals surface area contributed by atoms with Crippen LogP contribution in [0.4, 0.5) is 0 Å². The van der Waals surface area contributed by atoms with Gasteiger partial charge in [0.1, 0.15) is 0 Å². The molecule has 2 aliphatic rings. The van der Waals surface area contributed by atoms with E-state index in [-0.39, 0.29) is 17.7 Å². The molecule has 0 fully saturated rings. The molecule has 3 amide bonds. The van der Waals surface area contributed by atoms with Crippen LogP contribution in [0.25, 0.3) is 11.4 Å². The van der Waals surface area contributed by atoms with Gasteiger partial charge < -0.3 is 20.9 Å². The molecular formula is C26H28N4O3. The molecule has 3 N–H and O–H groups in total. The van der Waals surface area contributed by atoms with Crippen molar-refractivity contribution in [3.8, 4) is 0 Å². The molecule has 0 unspecified atom stereocenters. The summed E-state index contributed by atoms with van der Waals surface area (Å²) in [5.41, 5.74) is 3.67. The van der Waals surface area contributed by atoms with Crippen molar-refractivity contribution in [1.82, 2.24) is 20.9 Å². The highest BCUT2D eigenvalue weighted by molar-refractivity contribution is 6.30. The Morgan fingerprint density at radius 2 is 1.36 bits per heavy atom. The minimum Gasteiger partial charge on any atom is -0.352 e. The van der Waals surface area contributed by atoms with Gasteiger partial charge in [-0.3, -0.25) is 14.4 Å². The predicted octanol–water partition coefficient (Wildman–Crippen LogP) is 2.53. The fraction of sp³-hybridized carbons (Fsp3) is 0.269. The Morgan fingerprint density at radius 3 is 1.91 bits per heavy atom. The molecule has 0 saturated heterocycles. The summed E-state index contributed by atoms with van der Waals surface area (Å²) in [5.74, 6) is -0.765. The van der Waals surface area contributed by atoms with Crippen molar-refractivity contribution in [3.05, 3.63) is 82.4 Å². The first-order valence-corrected chi connectivity index (χ1v) is 11.3. The van der Waals surface area contributed by atoms with E-state index in [1.165, 1.54) is 0 Å². The number of carbonyl (C=O) groups excluding carboxylic acids is 3. The summed E-state index contributed by atoms with van der Waals surface area (Å²) in [7, 11) is 0. The van der Waals surface area contributed by atoms with Gasteiger partial charge >= 0.3 is 0 Å². The lowest BCUT2D eigenvalue weighted by Crippen LogP contribution is -2.29. The van der Waals surface area contributed by atoms with E-state index in [9.17, 15) is 14.4 Å². The lowest BCUT2D eigenvalue weighted by molar-refractivity contribution is -0.117. The van der Waals surface area contributed by atoms with Gasteiger partial charge in [-0.05, 0) is 49.3 Å². The van der Waals surface area contributed by atoms with Crippen molar-refractivity contribution in [3.63, 3.8) is 0 Å². The topological polar surface area (TPSA) is 90.5 Å². The molecule has 0 aromatic heterocycles. The van der Waals surface area contributed by atoms with Crippen molar-refractivity contribution in [1.29, 1.82) is 0 Å². The van der Waals surface area contributed by atoms with Crippen LogP contribution in [-0.2, 0) is 9.59 Å². The van der Waals surface area contributed by atoms with Crippen LogP contribution in [0.3, 0.4) is 0 Å². The second-order valence-corrected chi connectivity index (χ2v) is 7.99. The Labute approximate surface area is 193 Å². The maximum Gasteiger partial charge on any atom is 0.258 e. The van der Waals surface area contributed by atoms with Crippen molar-refractivity contribution in [2.45, 2.75) is 20.3 Å². The summed E-state index contributed by atoms with van der Waals surface area (Å²) in [6.07, 6.45) is 0.891. The monoisotopic (exact) mass is 444 g/mol. The molecular weight excluding hydrogens is 416 g/mol. The third-order valence-corrected chi connectivity index (χ3v) is 6.01. The van der Waals surface area contributed by atoms with Crippen LogP contribution in [-0.4, -0.2) is 48.8 Å². The average molecular weight is 445 g/mol. The number of benzene rings is 2. The minimum absolute atomic E-state index is 0.139. The number of nitrogens with one attached hydrogen (secondary N) is 3. The fourth-order valence-corrected chi connectivity index (χ4v) is 4.15. The quantitative estimate of drug-likeness (QED) is 0.519. The van der Waals surface area contributed by atoms with E-state index in [1.807, 2.05) is 30.3 Å². The van der Waals surface area contributed by atoms with E-state index in [2.05, 4.69) is 34.7 Å². The zero-order chi connectivity index (χ0) is 23.4. The van der Waals surface area contributed by atoms with Crippen LogP contribution in [0.15, 0.2) is 65.7 Å². The molecule has 33 heavy (non-hydrogen) atoms. The SMILES string of the molecule is CCN(CC)CCCNC(=O)c1ccc(C2=C3C(=O)NC(c4ccccc4)=C3C(=O)N2)cc1. The summed E-state index contributed by atoms with van der Waals surface area (Å²) in [5, 5.41) is 8.61. The number of nitrogens with zero attached hydrogens (tertiary/aromatic N) is 1. The smallest absolute Gasteiger partial charge is 0.258 e. The highest BCUT2D eigenvalue weighted by Gasteiger charge is 2.40. The van der Waals surface area contributed by atoms with E-state index < -0.39 is 0 Å². The van der Waals surface area contributed by atoms with E-state index in [1.54, 1.807) is 24.3 Å². The highest BCUT2D eigenvalue weighted by Crippen LogP contribution is 2.37. The Kier molecular flexibility index (Phi) is 6.70. The first-order chi connectivity index (χ1) is 16.0. The number of fused-ring (bicyclic) bond motifs is 1. The van der Waals surface area contributed by atoms with Gasteiger partial charge in [0.2, 0.25) is 0 Å². The molecule has 4 rings (SSSR count). The summed E-state index contributed by atoms with van der Waals surface area (Å²) in [4.78, 5) is 40.2. The predicted molar refractivity (Wildman–Crippen MR) is 128 cm³/mol. The maximum absolute atomic E-state index is 12.7. The molecule has 0 aliphatic carbocycles. The molecule has 7 heteroatoms. The molecule has 0 radical (unpaired) electrons. The Morgan fingerprint density at radius 1 is 0.818 bits per heavy atom. The molecule has 2 heterocycles. The molecule has 2 aliphatic heterocycles. The van der Waals surface area contributed by atoms with Crippen LogP contribution < -0.4 is 16.0 Å². The molecule has 0 spiro atoms. The number of carbonyl (C=O) groups is 3. The standard InChI is InChI=1S/C26H28N4O3/c1-3-30(4-2)16-8-15-27-24(31)19-13-11-18(12-14-19)23-21-20(25(32)29-23)22(28-26(21)33)17-9-6-5-7-10-17/h5-7,9-14H,3-4,8,15-16H2,1-2H3,(H,27,31)(H,28,33)(H,29,32). The molecule has 0 bridgehead atoms. The second-order valence-electron chi connectivity index (χ2n) is 7.99. The van der Waals surface area contributed by atoms with Crippen LogP contribution in [0.2, 0.25) is 0 Å². The van der Waals surface area contributed by atoms with Gasteiger partial charge in [-0.2, -0.15) is 0 Å². The van der Waals surface area contributed by atoms with Gasteiger partial charge in [-0.25, -0.2) is 0 Å². The molecule has 0 saturated carbocycles. The lowest BCUT2D eigenvalue weighted by atomic mass is 10.0. The van der Waals surface area contributed by atoms with Gasteiger partial charge in [-0.1, -0.05) is 56.3 Å². The largest absolute Gasteiger partial charge is 0.352 e. The van der Waals surface area contributed by atoms with Gasteiger partial charge in [0.25, 0.3) is 17.7 Å². The molecule has 170 valence electrons. The van der Waals surface area contributed by atoms with Gasteiger partial charge in [-0.15, -0.1) is 0 Å².